The summed E-state index contributed by atoms with van der Waals surface area (Å²) in [6.45, 7) is 4.56. The summed E-state index contributed by atoms with van der Waals surface area (Å²) < 4.78 is 0. The molecule has 4 rings (SSSR count). The third kappa shape index (κ3) is 3.30. The first-order chi connectivity index (χ1) is 13.0. The molecular weight excluding hydrogens is 340 g/mol. The number of imidazole rings is 1. The fourth-order valence-corrected chi connectivity index (χ4v) is 3.56. The van der Waals surface area contributed by atoms with Crippen molar-refractivity contribution in [3.63, 3.8) is 0 Å². The molecule has 2 amide bonds. The first kappa shape index (κ1) is 17.3. The third-order valence-corrected chi connectivity index (χ3v) is 4.85. The molecule has 1 aliphatic heterocycles. The van der Waals surface area contributed by atoms with Crippen LogP contribution >= 0.6 is 0 Å². The number of benzene rings is 2. The Morgan fingerprint density at radius 1 is 1.19 bits per heavy atom. The highest BCUT2D eigenvalue weighted by atomic mass is 16.2. The normalized spacial score (nSPS) is 14.6. The number of anilines is 1. The van der Waals surface area contributed by atoms with Gasteiger partial charge in [-0.05, 0) is 36.1 Å². The molecule has 2 heterocycles. The Balaban J connectivity index is 1.58. The van der Waals surface area contributed by atoms with E-state index in [1.54, 1.807) is 4.90 Å². The Labute approximate surface area is 157 Å². The highest BCUT2D eigenvalue weighted by Crippen LogP contribution is 2.27. The first-order valence-corrected chi connectivity index (χ1v) is 9.17. The second-order valence-electron chi connectivity index (χ2n) is 7.33. The molecule has 0 radical (unpaired) electrons. The Morgan fingerprint density at radius 2 is 1.93 bits per heavy atom. The van der Waals surface area contributed by atoms with Gasteiger partial charge in [0.05, 0.1) is 11.0 Å². The van der Waals surface area contributed by atoms with Crippen molar-refractivity contribution < 1.29 is 9.59 Å². The quantitative estimate of drug-likeness (QED) is 0.728. The van der Waals surface area contributed by atoms with E-state index in [9.17, 15) is 9.59 Å². The second-order valence-corrected chi connectivity index (χ2v) is 7.33. The molecule has 138 valence electrons. The standard InChI is InChI=1S/C21H22N4O2/c1-13(2)11-18(25-12-14-7-3-4-8-15(14)20(25)27)19(26)24-21-22-16-9-5-6-10-17(16)23-21/h3-10,13,18H,11-12H2,1-2H3,(H2,22,23,24,26)/t18-/m1/s1. The van der Waals surface area contributed by atoms with Gasteiger partial charge in [-0.25, -0.2) is 4.98 Å². The highest BCUT2D eigenvalue weighted by Gasteiger charge is 2.36. The molecular formula is C21H22N4O2. The van der Waals surface area contributed by atoms with Gasteiger partial charge in [0.2, 0.25) is 11.9 Å². The first-order valence-electron chi connectivity index (χ1n) is 9.17. The van der Waals surface area contributed by atoms with Gasteiger partial charge in [-0.2, -0.15) is 0 Å². The van der Waals surface area contributed by atoms with E-state index >= 15 is 0 Å². The molecule has 6 nitrogen and oxygen atoms in total. The summed E-state index contributed by atoms with van der Waals surface area (Å²) in [5.74, 6) is 0.368. The van der Waals surface area contributed by atoms with E-state index in [0.717, 1.165) is 16.6 Å². The van der Waals surface area contributed by atoms with Gasteiger partial charge in [0.25, 0.3) is 5.91 Å². The topological polar surface area (TPSA) is 78.1 Å². The van der Waals surface area contributed by atoms with Gasteiger partial charge in [0, 0.05) is 12.1 Å². The van der Waals surface area contributed by atoms with Gasteiger partial charge in [-0.15, -0.1) is 0 Å². The maximum absolute atomic E-state index is 13.0. The summed E-state index contributed by atoms with van der Waals surface area (Å²) in [7, 11) is 0. The third-order valence-electron chi connectivity index (χ3n) is 4.85. The Kier molecular flexibility index (Phi) is 4.39. The maximum Gasteiger partial charge on any atom is 0.255 e. The van der Waals surface area contributed by atoms with E-state index in [2.05, 4.69) is 29.1 Å². The van der Waals surface area contributed by atoms with Gasteiger partial charge in [-0.1, -0.05) is 44.2 Å². The number of fused-ring (bicyclic) bond motifs is 2. The fourth-order valence-electron chi connectivity index (χ4n) is 3.56. The smallest absolute Gasteiger partial charge is 0.255 e. The number of aromatic amines is 1. The lowest BCUT2D eigenvalue weighted by molar-refractivity contribution is -0.121. The molecule has 0 aliphatic carbocycles. The van der Waals surface area contributed by atoms with Crippen LogP contribution in [0.5, 0.6) is 0 Å². The van der Waals surface area contributed by atoms with E-state index in [-0.39, 0.29) is 17.7 Å². The van der Waals surface area contributed by atoms with Crippen LogP contribution in [-0.4, -0.2) is 32.7 Å². The van der Waals surface area contributed by atoms with Crippen molar-refractivity contribution in [1.29, 1.82) is 0 Å². The van der Waals surface area contributed by atoms with Crippen molar-refractivity contribution >= 4 is 28.8 Å². The lowest BCUT2D eigenvalue weighted by atomic mass is 10.0. The summed E-state index contributed by atoms with van der Waals surface area (Å²) in [5, 5.41) is 2.86. The summed E-state index contributed by atoms with van der Waals surface area (Å²) in [5.41, 5.74) is 3.30. The van der Waals surface area contributed by atoms with E-state index in [4.69, 9.17) is 0 Å². The number of para-hydroxylation sites is 2. The highest BCUT2D eigenvalue weighted by molar-refractivity contribution is 6.03. The van der Waals surface area contributed by atoms with Crippen LogP contribution in [-0.2, 0) is 11.3 Å². The van der Waals surface area contributed by atoms with Gasteiger partial charge in [0.15, 0.2) is 0 Å². The van der Waals surface area contributed by atoms with Crippen LogP contribution in [0.4, 0.5) is 5.95 Å². The van der Waals surface area contributed by atoms with Crippen LogP contribution < -0.4 is 5.32 Å². The lowest BCUT2D eigenvalue weighted by Gasteiger charge is -2.27. The maximum atomic E-state index is 13.0. The summed E-state index contributed by atoms with van der Waals surface area (Å²) in [6, 6.07) is 14.6. The molecule has 2 N–H and O–H groups in total. The van der Waals surface area contributed by atoms with Crippen molar-refractivity contribution in [2.75, 3.05) is 5.32 Å². The number of aromatic nitrogens is 2. The molecule has 0 bridgehead atoms. The van der Waals surface area contributed by atoms with Crippen molar-refractivity contribution in [1.82, 2.24) is 14.9 Å². The number of H-pyrrole nitrogens is 1. The molecule has 1 aromatic heterocycles. The molecule has 1 aliphatic rings. The molecule has 27 heavy (non-hydrogen) atoms. The molecule has 1 atom stereocenters. The van der Waals surface area contributed by atoms with E-state index in [0.29, 0.717) is 24.5 Å². The summed E-state index contributed by atoms with van der Waals surface area (Å²) in [6.07, 6.45) is 0.589. The van der Waals surface area contributed by atoms with Crippen molar-refractivity contribution in [3.05, 3.63) is 59.7 Å². The second kappa shape index (κ2) is 6.87. The Hall–Kier alpha value is -3.15. The molecule has 2 aromatic carbocycles. The molecule has 3 aromatic rings. The van der Waals surface area contributed by atoms with Crippen molar-refractivity contribution in [3.8, 4) is 0 Å². The van der Waals surface area contributed by atoms with E-state index in [1.165, 1.54) is 0 Å². The van der Waals surface area contributed by atoms with Gasteiger partial charge in [0.1, 0.15) is 6.04 Å². The van der Waals surface area contributed by atoms with E-state index < -0.39 is 6.04 Å². The number of nitrogens with one attached hydrogen (secondary N) is 2. The minimum Gasteiger partial charge on any atom is -0.324 e. The predicted octanol–water partition coefficient (Wildman–Crippen LogP) is 3.57. The minimum atomic E-state index is -0.543. The molecule has 0 saturated heterocycles. The van der Waals surface area contributed by atoms with Gasteiger partial charge in [-0.3, -0.25) is 14.9 Å². The molecule has 6 heteroatoms. The van der Waals surface area contributed by atoms with Gasteiger partial charge >= 0.3 is 0 Å². The van der Waals surface area contributed by atoms with Crippen LogP contribution in [0.25, 0.3) is 11.0 Å². The largest absolute Gasteiger partial charge is 0.324 e. The van der Waals surface area contributed by atoms with Crippen molar-refractivity contribution in [2.45, 2.75) is 32.9 Å². The molecule has 0 saturated carbocycles. The molecule has 0 unspecified atom stereocenters. The zero-order chi connectivity index (χ0) is 19.0. The van der Waals surface area contributed by atoms with Crippen LogP contribution in [0.3, 0.4) is 0 Å². The fraction of sp³-hybridized carbons (Fsp3) is 0.286. The Morgan fingerprint density at radius 3 is 2.67 bits per heavy atom. The summed E-state index contributed by atoms with van der Waals surface area (Å²) in [4.78, 5) is 35.1. The Bertz CT molecular complexity index is 975. The van der Waals surface area contributed by atoms with Crippen LogP contribution in [0.15, 0.2) is 48.5 Å². The number of amides is 2. The van der Waals surface area contributed by atoms with Crippen LogP contribution in [0.1, 0.15) is 36.2 Å². The number of carbonyl (C=O) groups excluding carboxylic acids is 2. The number of carbonyl (C=O) groups is 2. The number of hydrogen-bond donors (Lipinski definition) is 2. The van der Waals surface area contributed by atoms with Crippen molar-refractivity contribution in [2.24, 2.45) is 5.92 Å². The zero-order valence-electron chi connectivity index (χ0n) is 15.4. The van der Waals surface area contributed by atoms with E-state index in [1.807, 2.05) is 48.5 Å². The monoisotopic (exact) mass is 362 g/mol. The number of nitrogens with zero attached hydrogens (tertiary/aromatic N) is 2. The average molecular weight is 362 g/mol. The number of hydrogen-bond acceptors (Lipinski definition) is 3. The van der Waals surface area contributed by atoms with Gasteiger partial charge < -0.3 is 9.88 Å². The summed E-state index contributed by atoms with van der Waals surface area (Å²) >= 11 is 0. The molecule has 0 spiro atoms. The number of rotatable bonds is 5. The van der Waals surface area contributed by atoms with Crippen LogP contribution in [0.2, 0.25) is 0 Å². The lowest BCUT2D eigenvalue weighted by Crippen LogP contribution is -2.45. The zero-order valence-corrected chi connectivity index (χ0v) is 15.4. The van der Waals surface area contributed by atoms with Crippen LogP contribution in [0, 0.1) is 5.92 Å². The minimum absolute atomic E-state index is 0.0870. The average Bonchev–Trinajstić information content (AvgIpc) is 3.20. The SMILES string of the molecule is CC(C)C[C@H](C(=O)Nc1nc2ccccc2[nH]1)N1Cc2ccccc2C1=O. The predicted molar refractivity (Wildman–Crippen MR) is 104 cm³/mol. The molecule has 0 fully saturated rings.